The summed E-state index contributed by atoms with van der Waals surface area (Å²) in [5.74, 6) is -0.924. The lowest BCUT2D eigenvalue weighted by Gasteiger charge is -2.43. The summed E-state index contributed by atoms with van der Waals surface area (Å²) in [6.45, 7) is 12.5. The fourth-order valence-corrected chi connectivity index (χ4v) is 10.8. The zero-order chi connectivity index (χ0) is 28.3. The van der Waals surface area contributed by atoms with Crippen LogP contribution in [0.2, 0.25) is 5.04 Å². The molecule has 1 unspecified atom stereocenters. The van der Waals surface area contributed by atoms with E-state index in [0.717, 1.165) is 15.9 Å². The summed E-state index contributed by atoms with van der Waals surface area (Å²) in [4.78, 5) is 0.596. The predicted octanol–water partition coefficient (Wildman–Crippen LogP) is 4.60. The molecule has 0 radical (unpaired) electrons. The van der Waals surface area contributed by atoms with Crippen LogP contribution in [-0.2, 0) is 24.9 Å². The number of aryl methyl sites for hydroxylation is 1. The van der Waals surface area contributed by atoms with Gasteiger partial charge in [-0.1, -0.05) is 99.1 Å². The van der Waals surface area contributed by atoms with E-state index >= 15 is 0 Å². The van der Waals surface area contributed by atoms with Crippen LogP contribution >= 0.6 is 0 Å². The molecule has 1 fully saturated rings. The summed E-state index contributed by atoms with van der Waals surface area (Å²) in [7, 11) is -4.42. The van der Waals surface area contributed by atoms with Crippen molar-refractivity contribution in [2.75, 3.05) is 6.61 Å². The molecule has 0 bridgehead atoms. The van der Waals surface area contributed by atoms with Crippen LogP contribution in [-0.4, -0.2) is 43.2 Å². The second kappa shape index (κ2) is 11.8. The topological polar surface area (TPSA) is 80.6 Å². The van der Waals surface area contributed by atoms with Gasteiger partial charge in [0, 0.05) is 0 Å². The fraction of sp³-hybridized carbons (Fsp3) is 0.387. The first-order valence-corrected chi connectivity index (χ1v) is 16.3. The van der Waals surface area contributed by atoms with E-state index in [-0.39, 0.29) is 11.6 Å². The molecule has 1 heterocycles. The third kappa shape index (κ3) is 6.41. The summed E-state index contributed by atoms with van der Waals surface area (Å²) in [6, 6.07) is 29.6. The molecule has 0 aliphatic carbocycles. The minimum atomic E-state index is -2.83. The Kier molecular flexibility index (Phi) is 8.91. The van der Waals surface area contributed by atoms with Gasteiger partial charge in [-0.3, -0.25) is 0 Å². The van der Waals surface area contributed by atoms with Crippen LogP contribution in [0.3, 0.4) is 0 Å². The minimum absolute atomic E-state index is 0.208. The Labute approximate surface area is 236 Å². The zero-order valence-corrected chi connectivity index (χ0v) is 25.3. The summed E-state index contributed by atoms with van der Waals surface area (Å²) < 4.78 is 35.7. The third-order valence-corrected chi connectivity index (χ3v) is 13.2. The lowest BCUT2D eigenvalue weighted by atomic mass is 10.1. The molecule has 0 amide bonds. The lowest BCUT2D eigenvalue weighted by molar-refractivity contribution is -0.149. The Morgan fingerprint density at radius 1 is 0.974 bits per heavy atom. The Hall–Kier alpha value is -2.64. The van der Waals surface area contributed by atoms with Gasteiger partial charge in [-0.15, -0.1) is 0 Å². The molecule has 206 valence electrons. The molecule has 39 heavy (non-hydrogen) atoms. The second-order valence-corrected chi connectivity index (χ2v) is 17.0. The highest BCUT2D eigenvalue weighted by atomic mass is 32.2. The highest BCUT2D eigenvalue weighted by Crippen LogP contribution is 2.38. The van der Waals surface area contributed by atoms with Gasteiger partial charge in [-0.05, 0) is 48.3 Å². The van der Waals surface area contributed by atoms with Crippen molar-refractivity contribution in [3.05, 3.63) is 90.5 Å². The largest absolute Gasteiger partial charge is 0.405 e. The molecule has 8 heteroatoms. The van der Waals surface area contributed by atoms with Gasteiger partial charge in [0.25, 0.3) is 8.32 Å². The number of benzene rings is 3. The molecule has 1 saturated heterocycles. The number of nitriles is 1. The monoisotopic (exact) mass is 562 g/mol. The maximum atomic E-state index is 13.1. The van der Waals surface area contributed by atoms with Crippen LogP contribution in [0.4, 0.5) is 0 Å². The van der Waals surface area contributed by atoms with Gasteiger partial charge >= 0.3 is 0 Å². The van der Waals surface area contributed by atoms with E-state index in [9.17, 15) is 9.47 Å². The molecule has 4 atom stereocenters. The molecule has 3 aromatic carbocycles. The highest BCUT2D eigenvalue weighted by molar-refractivity contribution is 7.83. The van der Waals surface area contributed by atoms with E-state index in [0.29, 0.717) is 4.90 Å². The van der Waals surface area contributed by atoms with Crippen LogP contribution < -0.4 is 15.1 Å². The van der Waals surface area contributed by atoms with Crippen molar-refractivity contribution in [2.45, 2.75) is 75.5 Å². The molecule has 3 aromatic rings. The van der Waals surface area contributed by atoms with E-state index < -0.39 is 43.3 Å². The smallest absolute Gasteiger partial charge is 0.261 e. The van der Waals surface area contributed by atoms with Crippen LogP contribution in [0.25, 0.3) is 0 Å². The van der Waals surface area contributed by atoms with Gasteiger partial charge in [-0.25, -0.2) is 8.93 Å². The number of hydrogen-bond donors (Lipinski definition) is 1. The van der Waals surface area contributed by atoms with Crippen molar-refractivity contribution in [1.29, 1.82) is 5.26 Å². The maximum absolute atomic E-state index is 13.1. The second-order valence-electron chi connectivity index (χ2n) is 11.4. The molecule has 6 nitrogen and oxygen atoms in total. The molecule has 0 saturated carbocycles. The predicted molar refractivity (Wildman–Crippen MR) is 158 cm³/mol. The van der Waals surface area contributed by atoms with E-state index in [1.165, 1.54) is 0 Å². The van der Waals surface area contributed by atoms with Gasteiger partial charge < -0.3 is 13.9 Å². The molecule has 0 aromatic heterocycles. The zero-order valence-electron chi connectivity index (χ0n) is 23.5. The summed E-state index contributed by atoms with van der Waals surface area (Å²) in [5.41, 5.74) is 1.07. The van der Waals surface area contributed by atoms with E-state index in [4.69, 9.17) is 13.9 Å². The fourth-order valence-electron chi connectivity index (χ4n) is 5.26. The number of nitrogens with zero attached hydrogens (tertiary/aromatic N) is 1. The average molecular weight is 563 g/mol. The standard InChI is InChI=1S/C31H38N2O4SSi/c1-23-17-19-24(20-18-23)38(34)33-27(21-32)29-28(36-31(5,6)37-29)22-35-39(30(2,3)4,25-13-9-7-10-14-25)26-15-11-8-12-16-26/h7-20,27-29,33H,22H2,1-6H3/t27-,28-,29-,38?/m0/s1. The first-order chi connectivity index (χ1) is 18.5. The van der Waals surface area contributed by atoms with Crippen molar-refractivity contribution in [2.24, 2.45) is 0 Å². The maximum Gasteiger partial charge on any atom is 0.261 e. The van der Waals surface area contributed by atoms with Gasteiger partial charge in [0.1, 0.15) is 29.2 Å². The Morgan fingerprint density at radius 3 is 2.00 bits per heavy atom. The number of rotatable bonds is 9. The van der Waals surface area contributed by atoms with Crippen molar-refractivity contribution >= 4 is 29.7 Å². The molecular formula is C31H38N2O4SSi. The van der Waals surface area contributed by atoms with Gasteiger partial charge in [0.15, 0.2) is 5.79 Å². The van der Waals surface area contributed by atoms with Crippen molar-refractivity contribution in [3.8, 4) is 6.07 Å². The summed E-state index contributed by atoms with van der Waals surface area (Å²) in [6.07, 6.45) is -1.23. The van der Waals surface area contributed by atoms with E-state index in [2.05, 4.69) is 55.8 Å². The first kappa shape index (κ1) is 29.3. The molecular weight excluding hydrogens is 525 g/mol. The van der Waals surface area contributed by atoms with Gasteiger partial charge in [0.05, 0.1) is 17.6 Å². The van der Waals surface area contributed by atoms with Crippen LogP contribution in [0, 0.1) is 18.3 Å². The molecule has 0 spiro atoms. The minimum Gasteiger partial charge on any atom is -0.405 e. The average Bonchev–Trinajstić information content (AvgIpc) is 3.22. The quantitative estimate of drug-likeness (QED) is 0.386. The summed E-state index contributed by atoms with van der Waals surface area (Å²) >= 11 is 0. The Bertz CT molecular complexity index is 1260. The number of ether oxygens (including phenoxy) is 2. The SMILES string of the molecule is Cc1ccc(S(=O)N[C@@H](C#N)[C@@H]2OC(C)(C)O[C@H]2CO[Si](c2ccccc2)(c2ccccc2)C(C)(C)C)cc1. The van der Waals surface area contributed by atoms with Gasteiger partial charge in [-0.2, -0.15) is 5.26 Å². The van der Waals surface area contributed by atoms with Crippen molar-refractivity contribution in [1.82, 2.24) is 4.72 Å². The van der Waals surface area contributed by atoms with Crippen LogP contribution in [0.15, 0.2) is 89.8 Å². The molecule has 1 aliphatic rings. The van der Waals surface area contributed by atoms with Crippen molar-refractivity contribution < 1.29 is 18.1 Å². The number of nitrogens with one attached hydrogen (secondary N) is 1. The normalized spacial score (nSPS) is 20.7. The highest BCUT2D eigenvalue weighted by Gasteiger charge is 2.53. The van der Waals surface area contributed by atoms with Crippen LogP contribution in [0.5, 0.6) is 0 Å². The summed E-state index contributed by atoms with van der Waals surface area (Å²) in [5, 5.41) is 12.2. The Morgan fingerprint density at radius 2 is 1.51 bits per heavy atom. The number of hydrogen-bond acceptors (Lipinski definition) is 5. The molecule has 1 aliphatic heterocycles. The van der Waals surface area contributed by atoms with Crippen molar-refractivity contribution in [3.63, 3.8) is 0 Å². The van der Waals surface area contributed by atoms with Crippen LogP contribution in [0.1, 0.15) is 40.2 Å². The van der Waals surface area contributed by atoms with Gasteiger partial charge in [0.2, 0.25) is 0 Å². The van der Waals surface area contributed by atoms with E-state index in [1.54, 1.807) is 12.1 Å². The molecule has 4 rings (SSSR count). The first-order valence-electron chi connectivity index (χ1n) is 13.2. The third-order valence-electron chi connectivity index (χ3n) is 7.04. The lowest BCUT2D eigenvalue weighted by Crippen LogP contribution is -2.67. The Balaban J connectivity index is 1.65. The van der Waals surface area contributed by atoms with E-state index in [1.807, 2.05) is 69.3 Å². The molecule has 1 N–H and O–H groups in total.